The van der Waals surface area contributed by atoms with Gasteiger partial charge in [0.1, 0.15) is 17.7 Å². The molecule has 0 aliphatic rings. The molecule has 3 amide bonds. The second-order valence-corrected chi connectivity index (χ2v) is 13.7. The van der Waals surface area contributed by atoms with Gasteiger partial charge >= 0.3 is 12.1 Å². The molecule has 0 saturated heterocycles. The minimum atomic E-state index is -1.02. The van der Waals surface area contributed by atoms with Gasteiger partial charge in [0.2, 0.25) is 11.8 Å². The van der Waals surface area contributed by atoms with Gasteiger partial charge in [-0.15, -0.1) is 0 Å². The number of nitrogens with one attached hydrogen (secondary N) is 2. The van der Waals surface area contributed by atoms with Crippen molar-refractivity contribution >= 4 is 34.8 Å². The van der Waals surface area contributed by atoms with Crippen LogP contribution < -0.4 is 10.6 Å². The number of hydrogen-bond acceptors (Lipinski definition) is 6. The SMILES string of the molecule is CCOC(=O)/C(C)=C/[C@H](C(C)C)N(C)C(=O)[C@@H](NC(=O)[C@H](Cc1cn(C)c2ccccc12)NC(=O)OC(C)(C)C)C(C)(C)C. The zero-order chi connectivity index (χ0) is 33.6. The summed E-state index contributed by atoms with van der Waals surface area (Å²) in [7, 11) is 3.59. The number of para-hydroxylation sites is 1. The first-order valence-corrected chi connectivity index (χ1v) is 15.2. The highest BCUT2D eigenvalue weighted by atomic mass is 16.6. The first-order chi connectivity index (χ1) is 20.3. The van der Waals surface area contributed by atoms with Gasteiger partial charge in [-0.25, -0.2) is 9.59 Å². The van der Waals surface area contributed by atoms with E-state index in [1.807, 2.05) is 76.7 Å². The standard InChI is InChI=1S/C34H52N4O6/c1-13-43-31(41)22(4)18-27(21(2)3)38(12)30(40)28(33(5,6)7)36-29(39)25(35-32(42)44-34(8,9)10)19-23-20-37(11)26-17-15-14-16-24(23)26/h14-18,20-21,25,27-28H,13,19H2,1-12H3,(H,35,42)(H,36,39)/b22-18+/t25-,27+,28+/m0/s1. The number of aryl methyl sites for hydroxylation is 1. The fourth-order valence-corrected chi connectivity index (χ4v) is 5.03. The van der Waals surface area contributed by atoms with E-state index in [1.54, 1.807) is 52.6 Å². The van der Waals surface area contributed by atoms with E-state index < -0.39 is 47.1 Å². The summed E-state index contributed by atoms with van der Waals surface area (Å²) in [6.07, 6.45) is 3.12. The predicted octanol–water partition coefficient (Wildman–Crippen LogP) is 5.14. The van der Waals surface area contributed by atoms with Gasteiger partial charge in [0.25, 0.3) is 0 Å². The molecular weight excluding hydrogens is 560 g/mol. The van der Waals surface area contributed by atoms with Crippen molar-refractivity contribution in [3.8, 4) is 0 Å². The molecule has 0 aliphatic heterocycles. The lowest BCUT2D eigenvalue weighted by molar-refractivity contribution is -0.141. The summed E-state index contributed by atoms with van der Waals surface area (Å²) in [5.74, 6) is -1.30. The van der Waals surface area contributed by atoms with Crippen molar-refractivity contribution in [2.45, 2.75) is 99.4 Å². The number of rotatable bonds is 11. The maximum Gasteiger partial charge on any atom is 0.408 e. The summed E-state index contributed by atoms with van der Waals surface area (Å²) in [6, 6.07) is 5.44. The molecule has 0 spiro atoms. The van der Waals surface area contributed by atoms with Gasteiger partial charge in [-0.05, 0) is 57.6 Å². The Morgan fingerprint density at radius 2 is 1.64 bits per heavy atom. The zero-order valence-electron chi connectivity index (χ0n) is 28.5. The van der Waals surface area contributed by atoms with E-state index in [0.717, 1.165) is 16.5 Å². The molecule has 2 N–H and O–H groups in total. The highest BCUT2D eigenvalue weighted by Crippen LogP contribution is 2.25. The molecule has 0 radical (unpaired) electrons. The van der Waals surface area contributed by atoms with Crippen LogP contribution in [0.3, 0.4) is 0 Å². The van der Waals surface area contributed by atoms with E-state index in [2.05, 4.69) is 10.6 Å². The molecule has 1 aromatic carbocycles. The molecule has 244 valence electrons. The van der Waals surface area contributed by atoms with Crippen molar-refractivity contribution in [1.29, 1.82) is 0 Å². The monoisotopic (exact) mass is 612 g/mol. The zero-order valence-corrected chi connectivity index (χ0v) is 28.5. The van der Waals surface area contributed by atoms with Crippen molar-refractivity contribution < 1.29 is 28.7 Å². The molecule has 3 atom stereocenters. The fourth-order valence-electron chi connectivity index (χ4n) is 5.03. The number of hydrogen-bond donors (Lipinski definition) is 2. The number of benzene rings is 1. The first-order valence-electron chi connectivity index (χ1n) is 15.2. The molecule has 0 aliphatic carbocycles. The minimum absolute atomic E-state index is 0.0300. The average Bonchev–Trinajstić information content (AvgIpc) is 3.22. The van der Waals surface area contributed by atoms with Crippen molar-refractivity contribution in [3.05, 3.63) is 47.7 Å². The van der Waals surface area contributed by atoms with Crippen LogP contribution in [0.2, 0.25) is 0 Å². The molecule has 2 rings (SSSR count). The lowest BCUT2D eigenvalue weighted by Crippen LogP contribution is -2.60. The fraction of sp³-hybridized carbons (Fsp3) is 0.588. The largest absolute Gasteiger partial charge is 0.463 e. The van der Waals surface area contributed by atoms with Gasteiger partial charge in [-0.1, -0.05) is 58.9 Å². The molecular formula is C34H52N4O6. The average molecular weight is 613 g/mol. The van der Waals surface area contributed by atoms with Crippen molar-refractivity contribution in [2.75, 3.05) is 13.7 Å². The molecule has 10 heteroatoms. The predicted molar refractivity (Wildman–Crippen MR) is 173 cm³/mol. The highest BCUT2D eigenvalue weighted by Gasteiger charge is 2.39. The van der Waals surface area contributed by atoms with Gasteiger partial charge in [-0.2, -0.15) is 0 Å². The third-order valence-electron chi connectivity index (χ3n) is 7.31. The number of aromatic nitrogens is 1. The molecule has 1 aromatic heterocycles. The Kier molecular flexibility index (Phi) is 12.2. The summed E-state index contributed by atoms with van der Waals surface area (Å²) in [4.78, 5) is 54.8. The third-order valence-corrected chi connectivity index (χ3v) is 7.31. The normalized spacial score (nSPS) is 14.5. The Morgan fingerprint density at radius 3 is 2.18 bits per heavy atom. The number of amides is 3. The summed E-state index contributed by atoms with van der Waals surface area (Å²) < 4.78 is 12.6. The molecule has 0 saturated carbocycles. The van der Waals surface area contributed by atoms with Crippen LogP contribution in [0.15, 0.2) is 42.1 Å². The first kappa shape index (κ1) is 36.4. The van der Waals surface area contributed by atoms with E-state index in [1.165, 1.54) is 0 Å². The number of ether oxygens (including phenoxy) is 2. The number of esters is 1. The van der Waals surface area contributed by atoms with Gasteiger partial charge in [0, 0.05) is 43.2 Å². The van der Waals surface area contributed by atoms with Crippen LogP contribution in [0, 0.1) is 11.3 Å². The van der Waals surface area contributed by atoms with Gasteiger partial charge in [0.05, 0.1) is 12.6 Å². The van der Waals surface area contributed by atoms with E-state index in [0.29, 0.717) is 5.57 Å². The van der Waals surface area contributed by atoms with Crippen LogP contribution in [-0.2, 0) is 37.3 Å². The molecule has 2 aromatic rings. The van der Waals surface area contributed by atoms with Crippen LogP contribution in [-0.4, -0.2) is 70.7 Å². The Hall–Kier alpha value is -3.82. The molecule has 1 heterocycles. The Balaban J connectivity index is 2.44. The summed E-state index contributed by atoms with van der Waals surface area (Å²) >= 11 is 0. The topological polar surface area (TPSA) is 119 Å². The lowest BCUT2D eigenvalue weighted by Gasteiger charge is -2.38. The quantitative estimate of drug-likeness (QED) is 0.268. The van der Waals surface area contributed by atoms with Gasteiger partial charge < -0.3 is 29.6 Å². The Labute approximate surface area is 262 Å². The molecule has 0 bridgehead atoms. The van der Waals surface area contributed by atoms with Crippen LogP contribution in [0.25, 0.3) is 10.9 Å². The maximum atomic E-state index is 14.1. The molecule has 0 fully saturated rings. The number of fused-ring (bicyclic) bond motifs is 1. The maximum absolute atomic E-state index is 14.1. The molecule has 10 nitrogen and oxygen atoms in total. The van der Waals surface area contributed by atoms with Crippen LogP contribution in [0.4, 0.5) is 4.79 Å². The highest BCUT2D eigenvalue weighted by molar-refractivity contribution is 5.93. The van der Waals surface area contributed by atoms with Crippen molar-refractivity contribution in [3.63, 3.8) is 0 Å². The van der Waals surface area contributed by atoms with E-state index in [-0.39, 0.29) is 24.9 Å². The molecule has 44 heavy (non-hydrogen) atoms. The second-order valence-electron chi connectivity index (χ2n) is 13.7. The summed E-state index contributed by atoms with van der Waals surface area (Å²) in [5.41, 5.74) is 0.818. The van der Waals surface area contributed by atoms with Crippen molar-refractivity contribution in [2.24, 2.45) is 18.4 Å². The number of carbonyl (C=O) groups is 4. The Morgan fingerprint density at radius 1 is 1.02 bits per heavy atom. The number of likely N-dealkylation sites (N-methyl/N-ethyl adjacent to an activating group) is 1. The lowest BCUT2D eigenvalue weighted by atomic mass is 9.84. The Bertz CT molecular complexity index is 1360. The van der Waals surface area contributed by atoms with E-state index in [9.17, 15) is 19.2 Å². The van der Waals surface area contributed by atoms with Crippen LogP contribution in [0.5, 0.6) is 0 Å². The van der Waals surface area contributed by atoms with Gasteiger partial charge in [0.15, 0.2) is 0 Å². The van der Waals surface area contributed by atoms with E-state index in [4.69, 9.17) is 9.47 Å². The third kappa shape index (κ3) is 9.86. The number of nitrogens with zero attached hydrogens (tertiary/aromatic N) is 2. The molecule has 0 unspecified atom stereocenters. The summed E-state index contributed by atoms with van der Waals surface area (Å²) in [6.45, 7) is 18.4. The van der Waals surface area contributed by atoms with Crippen LogP contribution in [0.1, 0.15) is 74.8 Å². The number of carbonyl (C=O) groups excluding carboxylic acids is 4. The van der Waals surface area contributed by atoms with Crippen molar-refractivity contribution in [1.82, 2.24) is 20.1 Å². The second kappa shape index (κ2) is 14.8. The van der Waals surface area contributed by atoms with Crippen LogP contribution >= 0.6 is 0 Å². The minimum Gasteiger partial charge on any atom is -0.463 e. The van der Waals surface area contributed by atoms with E-state index >= 15 is 0 Å². The number of alkyl carbamates (subject to hydrolysis) is 1. The summed E-state index contributed by atoms with van der Waals surface area (Å²) in [5, 5.41) is 6.66. The van der Waals surface area contributed by atoms with Gasteiger partial charge in [-0.3, -0.25) is 9.59 Å². The smallest absolute Gasteiger partial charge is 0.408 e.